The van der Waals surface area contributed by atoms with Crippen LogP contribution in [0, 0.1) is 12.3 Å². The second-order valence-electron chi connectivity index (χ2n) is 7.02. The van der Waals surface area contributed by atoms with Crippen LogP contribution in [-0.4, -0.2) is 14.4 Å². The lowest BCUT2D eigenvalue weighted by Gasteiger charge is -2.58. The van der Waals surface area contributed by atoms with Gasteiger partial charge in [0.15, 0.2) is 0 Å². The lowest BCUT2D eigenvalue weighted by Crippen LogP contribution is -2.60. The van der Waals surface area contributed by atoms with E-state index in [4.69, 9.17) is 0 Å². The first kappa shape index (κ1) is 13.6. The number of carbonyl (C=O) groups is 1. The minimum Gasteiger partial charge on any atom is -0.278 e. The van der Waals surface area contributed by atoms with Crippen molar-refractivity contribution in [1.29, 1.82) is 0 Å². The maximum atomic E-state index is 12.6. The van der Waals surface area contributed by atoms with Gasteiger partial charge in [-0.15, -0.1) is 0 Å². The predicted octanol–water partition coefficient (Wildman–Crippen LogP) is 3.32. The predicted molar refractivity (Wildman–Crippen MR) is 83.3 cm³/mol. The topological polar surface area (TPSA) is 42.3 Å². The van der Waals surface area contributed by atoms with E-state index in [2.05, 4.69) is 16.1 Å². The molecule has 4 nitrogen and oxygen atoms in total. The fourth-order valence-corrected chi connectivity index (χ4v) is 5.36. The molecule has 112 valence electrons. The Bertz CT molecular complexity index is 680. The van der Waals surface area contributed by atoms with Gasteiger partial charge in [0.25, 0.3) is 11.5 Å². The number of amides is 1. The highest BCUT2D eigenvalue weighted by atomic mass is 79.9. The number of aromatic nitrogens is 1. The number of rotatable bonds is 0. The third-order valence-corrected chi connectivity index (χ3v) is 6.67. The molecule has 4 rings (SSSR count). The first-order chi connectivity index (χ1) is 9.99. The van der Waals surface area contributed by atoms with Gasteiger partial charge in [-0.05, 0) is 43.6 Å². The maximum Gasteiger partial charge on any atom is 0.282 e. The summed E-state index contributed by atoms with van der Waals surface area (Å²) in [7, 11) is 0. The van der Waals surface area contributed by atoms with E-state index >= 15 is 0 Å². The van der Waals surface area contributed by atoms with Crippen molar-refractivity contribution in [2.75, 3.05) is 0 Å². The van der Waals surface area contributed by atoms with Gasteiger partial charge in [-0.2, -0.15) is 0 Å². The zero-order chi connectivity index (χ0) is 14.8. The van der Waals surface area contributed by atoms with Crippen LogP contribution >= 0.6 is 16.1 Å². The minimum absolute atomic E-state index is 0.0587. The zero-order valence-corrected chi connectivity index (χ0v) is 13.8. The smallest absolute Gasteiger partial charge is 0.278 e. The van der Waals surface area contributed by atoms with Crippen molar-refractivity contribution >= 4 is 22.1 Å². The van der Waals surface area contributed by atoms with Gasteiger partial charge in [0, 0.05) is 6.07 Å². The first-order valence-electron chi connectivity index (χ1n) is 7.73. The Morgan fingerprint density at radius 1 is 1.10 bits per heavy atom. The number of carbonyl (C=O) groups excluding carboxylic acids is 1. The van der Waals surface area contributed by atoms with Crippen molar-refractivity contribution < 1.29 is 4.79 Å². The van der Waals surface area contributed by atoms with E-state index in [0.29, 0.717) is 11.1 Å². The van der Waals surface area contributed by atoms with Crippen LogP contribution in [0.15, 0.2) is 16.9 Å². The third-order valence-electron chi connectivity index (χ3n) is 5.69. The van der Waals surface area contributed by atoms with Crippen LogP contribution in [0.4, 0.5) is 0 Å². The molecule has 1 aromatic rings. The van der Waals surface area contributed by atoms with Crippen LogP contribution in [0.25, 0.3) is 0 Å². The highest BCUT2D eigenvalue weighted by molar-refractivity contribution is 9.07. The Balaban J connectivity index is 1.81. The maximum absolute atomic E-state index is 12.6. The molecule has 3 aliphatic rings. The van der Waals surface area contributed by atoms with Crippen LogP contribution in [0.1, 0.15) is 61.0 Å². The van der Waals surface area contributed by atoms with E-state index in [1.54, 1.807) is 20.6 Å². The molecule has 0 N–H and O–H groups in total. The Morgan fingerprint density at radius 3 is 2.43 bits per heavy atom. The molecule has 0 aromatic carbocycles. The quantitative estimate of drug-likeness (QED) is 0.673. The van der Waals surface area contributed by atoms with Crippen molar-refractivity contribution in [3.8, 4) is 0 Å². The van der Waals surface area contributed by atoms with Crippen molar-refractivity contribution in [3.05, 3.63) is 33.7 Å². The van der Waals surface area contributed by atoms with Gasteiger partial charge in [-0.1, -0.05) is 25.3 Å². The molecular formula is C16H19BrN2O2. The number of pyridine rings is 1. The van der Waals surface area contributed by atoms with Gasteiger partial charge >= 0.3 is 0 Å². The average Bonchev–Trinajstić information content (AvgIpc) is 2.67. The van der Waals surface area contributed by atoms with Gasteiger partial charge < -0.3 is 0 Å². The van der Waals surface area contributed by atoms with Gasteiger partial charge in [-0.3, -0.25) is 14.2 Å². The number of fused-ring (bicyclic) bond motifs is 2. The minimum atomic E-state index is -0.465. The number of hydrogen-bond acceptors (Lipinski definition) is 2. The highest BCUT2D eigenvalue weighted by Gasteiger charge is 2.63. The first-order valence-corrected chi connectivity index (χ1v) is 8.44. The van der Waals surface area contributed by atoms with Crippen molar-refractivity contribution in [1.82, 2.24) is 8.49 Å². The van der Waals surface area contributed by atoms with Crippen molar-refractivity contribution in [2.24, 2.45) is 5.41 Å². The highest BCUT2D eigenvalue weighted by Crippen LogP contribution is 2.63. The molecule has 1 aromatic heterocycles. The van der Waals surface area contributed by atoms with E-state index in [1.165, 1.54) is 32.1 Å². The average molecular weight is 351 g/mol. The summed E-state index contributed by atoms with van der Waals surface area (Å²) in [6.07, 6.45) is 8.17. The van der Waals surface area contributed by atoms with E-state index in [0.717, 1.165) is 18.4 Å². The second-order valence-corrected chi connectivity index (χ2v) is 7.73. The van der Waals surface area contributed by atoms with Crippen molar-refractivity contribution in [2.45, 2.75) is 57.5 Å². The molecule has 0 saturated heterocycles. The Labute approximate surface area is 132 Å². The standard InChI is InChI=1S/C16H19BrN2O2/c1-11-5-6-12(20)18-13(11)14(21)19(17)16(18)9-15(10-16)7-3-2-4-8-15/h5-6H,2-4,7-10H2,1H3. The molecule has 0 atom stereocenters. The van der Waals surface area contributed by atoms with E-state index in [9.17, 15) is 9.59 Å². The van der Waals surface area contributed by atoms with E-state index in [1.807, 2.05) is 6.92 Å². The number of halogens is 1. The number of aryl methyl sites for hydroxylation is 1. The van der Waals surface area contributed by atoms with Gasteiger partial charge in [0.1, 0.15) is 11.4 Å². The fraction of sp³-hybridized carbons (Fsp3) is 0.625. The number of hydrogen-bond donors (Lipinski definition) is 0. The summed E-state index contributed by atoms with van der Waals surface area (Å²) in [5.41, 5.74) is 1.26. The van der Waals surface area contributed by atoms with Crippen LogP contribution < -0.4 is 5.56 Å². The molecule has 21 heavy (non-hydrogen) atoms. The van der Waals surface area contributed by atoms with E-state index < -0.39 is 5.66 Å². The van der Waals surface area contributed by atoms with Crippen LogP contribution in [0.2, 0.25) is 0 Å². The molecule has 0 radical (unpaired) electrons. The molecular weight excluding hydrogens is 332 g/mol. The summed E-state index contributed by atoms with van der Waals surface area (Å²) < 4.78 is 3.39. The number of nitrogens with zero attached hydrogens (tertiary/aromatic N) is 2. The molecule has 2 saturated carbocycles. The third kappa shape index (κ3) is 1.61. The van der Waals surface area contributed by atoms with Crippen LogP contribution in [0.3, 0.4) is 0 Å². The van der Waals surface area contributed by atoms with Crippen LogP contribution in [-0.2, 0) is 5.66 Å². The Kier molecular flexibility index (Phi) is 2.72. The second kappa shape index (κ2) is 4.22. The normalized spacial score (nSPS) is 25.2. The van der Waals surface area contributed by atoms with Gasteiger partial charge in [-0.25, -0.2) is 3.93 Å². The van der Waals surface area contributed by atoms with Crippen LogP contribution in [0.5, 0.6) is 0 Å². The Hall–Kier alpha value is -1.10. The van der Waals surface area contributed by atoms with Crippen molar-refractivity contribution in [3.63, 3.8) is 0 Å². The molecule has 2 fully saturated rings. The largest absolute Gasteiger partial charge is 0.282 e. The summed E-state index contributed by atoms with van der Waals surface area (Å²) in [5.74, 6) is -0.0733. The Morgan fingerprint density at radius 2 is 1.76 bits per heavy atom. The van der Waals surface area contributed by atoms with Gasteiger partial charge in [0.05, 0.1) is 16.1 Å². The molecule has 2 aliphatic carbocycles. The molecule has 2 spiro atoms. The summed E-state index contributed by atoms with van der Waals surface area (Å²) in [6, 6.07) is 3.34. The lowest BCUT2D eigenvalue weighted by molar-refractivity contribution is -0.0945. The molecule has 1 amide bonds. The molecule has 2 heterocycles. The zero-order valence-electron chi connectivity index (χ0n) is 12.2. The summed E-state index contributed by atoms with van der Waals surface area (Å²) >= 11 is 3.46. The lowest BCUT2D eigenvalue weighted by atomic mass is 9.55. The molecule has 0 unspecified atom stereocenters. The summed E-state index contributed by atoms with van der Waals surface area (Å²) in [4.78, 5) is 25.0. The molecule has 0 bridgehead atoms. The molecule has 5 heteroatoms. The SMILES string of the molecule is Cc1ccc(=O)n2c1C(=O)N(Br)C21CC2(CCCCC2)C1. The molecule has 1 aliphatic heterocycles. The summed E-state index contributed by atoms with van der Waals surface area (Å²) in [5, 5.41) is 0. The summed E-state index contributed by atoms with van der Waals surface area (Å²) in [6.45, 7) is 1.90. The van der Waals surface area contributed by atoms with Gasteiger partial charge in [0.2, 0.25) is 0 Å². The van der Waals surface area contributed by atoms with E-state index in [-0.39, 0.29) is 11.5 Å². The fourth-order valence-electron chi connectivity index (χ4n) is 4.79. The monoisotopic (exact) mass is 350 g/mol.